The molecule has 1 heterocycles. The van der Waals surface area contributed by atoms with Crippen LogP contribution in [0.5, 0.6) is 0 Å². The Labute approximate surface area is 137 Å². The topological polar surface area (TPSA) is 63.4 Å². The molecule has 1 fully saturated rings. The molecule has 7 heteroatoms. The summed E-state index contributed by atoms with van der Waals surface area (Å²) in [6.45, 7) is 5.26. The summed E-state index contributed by atoms with van der Waals surface area (Å²) < 4.78 is 28.4. The quantitative estimate of drug-likeness (QED) is 0.736. The molecule has 0 amide bonds. The van der Waals surface area contributed by atoms with Gasteiger partial charge in [-0.3, -0.25) is 0 Å². The summed E-state index contributed by atoms with van der Waals surface area (Å²) in [5.74, 6) is 0. The second-order valence-corrected chi connectivity index (χ2v) is 9.56. The summed E-state index contributed by atoms with van der Waals surface area (Å²) in [5.41, 5.74) is 6.18. The maximum atomic E-state index is 12.8. The monoisotopic (exact) mass is 424 g/mol. The van der Waals surface area contributed by atoms with E-state index in [9.17, 15) is 8.42 Å². The number of nitrogens with zero attached hydrogens (tertiary/aromatic N) is 1. The van der Waals surface area contributed by atoms with Crippen molar-refractivity contribution in [2.24, 2.45) is 5.41 Å². The Morgan fingerprint density at radius 2 is 1.95 bits per heavy atom. The summed E-state index contributed by atoms with van der Waals surface area (Å²) in [6.07, 6.45) is 1.91. The minimum absolute atomic E-state index is 0.00191. The zero-order valence-corrected chi connectivity index (χ0v) is 15.5. The Balaban J connectivity index is 2.46. The highest BCUT2D eigenvalue weighted by molar-refractivity contribution is 9.11. The lowest BCUT2D eigenvalue weighted by atomic mass is 9.85. The molecule has 0 aliphatic carbocycles. The van der Waals surface area contributed by atoms with Crippen molar-refractivity contribution in [3.05, 3.63) is 21.1 Å². The molecule has 0 atom stereocenters. The van der Waals surface area contributed by atoms with Gasteiger partial charge in [-0.15, -0.1) is 0 Å². The number of nitrogen functional groups attached to an aromatic ring is 1. The van der Waals surface area contributed by atoms with E-state index in [1.54, 1.807) is 16.4 Å². The second-order valence-electron chi connectivity index (χ2n) is 5.91. The lowest BCUT2D eigenvalue weighted by Crippen LogP contribution is -2.43. The third-order valence-corrected chi connectivity index (χ3v) is 6.81. The fourth-order valence-corrected chi connectivity index (χ4v) is 6.24. The molecule has 112 valence electrons. The number of hydrogen-bond acceptors (Lipinski definition) is 3. The van der Waals surface area contributed by atoms with E-state index in [1.165, 1.54) is 0 Å². The highest BCUT2D eigenvalue weighted by Crippen LogP contribution is 2.37. The van der Waals surface area contributed by atoms with Gasteiger partial charge in [-0.05, 0) is 46.3 Å². The summed E-state index contributed by atoms with van der Waals surface area (Å²) in [6, 6.07) is 3.32. The minimum Gasteiger partial charge on any atom is -0.398 e. The summed E-state index contributed by atoms with van der Waals surface area (Å²) in [5, 5.41) is 0. The average Bonchev–Trinajstić information content (AvgIpc) is 2.25. The first-order valence-corrected chi connectivity index (χ1v) is 9.41. The smallest absolute Gasteiger partial charge is 0.246 e. The van der Waals surface area contributed by atoms with Crippen LogP contribution < -0.4 is 5.73 Å². The van der Waals surface area contributed by atoms with E-state index in [1.807, 2.05) is 0 Å². The maximum absolute atomic E-state index is 12.8. The number of rotatable bonds is 2. The number of benzene rings is 1. The van der Waals surface area contributed by atoms with Gasteiger partial charge in [0.1, 0.15) is 4.90 Å². The van der Waals surface area contributed by atoms with Gasteiger partial charge in [-0.1, -0.05) is 29.8 Å². The van der Waals surface area contributed by atoms with Gasteiger partial charge in [0.05, 0.1) is 5.69 Å². The maximum Gasteiger partial charge on any atom is 0.246 e. The van der Waals surface area contributed by atoms with Gasteiger partial charge in [0.15, 0.2) is 0 Å². The highest BCUT2D eigenvalue weighted by Gasteiger charge is 2.36. The Bertz CT molecular complexity index is 606. The standard InChI is InChI=1S/C13H18Br2N2O2S/c1-13(2)4-3-5-17(8-13)20(18,19)12-10(15)6-9(14)7-11(12)16/h6-7H,3-5,8,16H2,1-2H3. The van der Waals surface area contributed by atoms with Gasteiger partial charge < -0.3 is 5.73 Å². The first-order valence-electron chi connectivity index (χ1n) is 6.38. The van der Waals surface area contributed by atoms with Gasteiger partial charge in [0.25, 0.3) is 0 Å². The zero-order valence-electron chi connectivity index (χ0n) is 11.5. The normalized spacial score (nSPS) is 20.0. The van der Waals surface area contributed by atoms with Crippen molar-refractivity contribution < 1.29 is 8.42 Å². The molecule has 2 rings (SSSR count). The fourth-order valence-electron chi connectivity index (χ4n) is 2.56. The molecule has 1 aromatic carbocycles. The van der Waals surface area contributed by atoms with Gasteiger partial charge in [-0.2, -0.15) is 4.31 Å². The van der Waals surface area contributed by atoms with Crippen LogP contribution in [0.2, 0.25) is 0 Å². The third kappa shape index (κ3) is 3.21. The van der Waals surface area contributed by atoms with E-state index in [-0.39, 0.29) is 16.0 Å². The van der Waals surface area contributed by atoms with Crippen molar-refractivity contribution in [2.45, 2.75) is 31.6 Å². The van der Waals surface area contributed by atoms with E-state index in [0.29, 0.717) is 17.6 Å². The fraction of sp³-hybridized carbons (Fsp3) is 0.538. The Hall–Kier alpha value is -0.110. The van der Waals surface area contributed by atoms with Crippen LogP contribution in [0.25, 0.3) is 0 Å². The van der Waals surface area contributed by atoms with Crippen LogP contribution in [0.15, 0.2) is 26.0 Å². The molecular weight excluding hydrogens is 408 g/mol. The van der Waals surface area contributed by atoms with Crippen LogP contribution in [-0.2, 0) is 10.0 Å². The molecule has 1 saturated heterocycles. The van der Waals surface area contributed by atoms with Crippen LogP contribution in [0, 0.1) is 5.41 Å². The predicted molar refractivity (Wildman–Crippen MR) is 88.0 cm³/mol. The van der Waals surface area contributed by atoms with Crippen LogP contribution in [0.1, 0.15) is 26.7 Å². The molecule has 1 aliphatic heterocycles. The summed E-state index contributed by atoms with van der Waals surface area (Å²) in [4.78, 5) is 0.165. The molecule has 0 unspecified atom stereocenters. The van der Waals surface area contributed by atoms with E-state index < -0.39 is 10.0 Å². The Morgan fingerprint density at radius 3 is 2.50 bits per heavy atom. The van der Waals surface area contributed by atoms with Gasteiger partial charge in [-0.25, -0.2) is 8.42 Å². The third-order valence-electron chi connectivity index (χ3n) is 3.50. The molecule has 0 spiro atoms. The molecule has 2 N–H and O–H groups in total. The average molecular weight is 426 g/mol. The number of halogens is 2. The molecule has 0 saturated carbocycles. The Kier molecular flexibility index (Phi) is 4.54. The highest BCUT2D eigenvalue weighted by atomic mass is 79.9. The van der Waals surface area contributed by atoms with Gasteiger partial charge in [0, 0.05) is 22.0 Å². The number of nitrogens with two attached hydrogens (primary N) is 1. The molecule has 20 heavy (non-hydrogen) atoms. The lowest BCUT2D eigenvalue weighted by molar-refractivity contribution is 0.187. The van der Waals surface area contributed by atoms with Gasteiger partial charge in [0.2, 0.25) is 10.0 Å². The summed E-state index contributed by atoms with van der Waals surface area (Å²) in [7, 11) is -3.57. The molecule has 0 radical (unpaired) electrons. The van der Waals surface area contributed by atoms with Crippen LogP contribution in [0.3, 0.4) is 0 Å². The van der Waals surface area contributed by atoms with Gasteiger partial charge >= 0.3 is 0 Å². The van der Waals surface area contributed by atoms with Crippen LogP contribution in [0.4, 0.5) is 5.69 Å². The van der Waals surface area contributed by atoms with E-state index in [0.717, 1.165) is 17.3 Å². The van der Waals surface area contributed by atoms with Crippen molar-refractivity contribution in [1.82, 2.24) is 4.31 Å². The molecule has 1 aliphatic rings. The van der Waals surface area contributed by atoms with Crippen molar-refractivity contribution in [1.29, 1.82) is 0 Å². The minimum atomic E-state index is -3.57. The SMILES string of the molecule is CC1(C)CCCN(S(=O)(=O)c2c(N)cc(Br)cc2Br)C1. The largest absolute Gasteiger partial charge is 0.398 e. The van der Waals surface area contributed by atoms with E-state index >= 15 is 0 Å². The number of hydrogen-bond donors (Lipinski definition) is 1. The van der Waals surface area contributed by atoms with Crippen molar-refractivity contribution in [2.75, 3.05) is 18.8 Å². The molecular formula is C13H18Br2N2O2S. The molecule has 1 aromatic rings. The van der Waals surface area contributed by atoms with Crippen LogP contribution >= 0.6 is 31.9 Å². The predicted octanol–water partition coefficient (Wildman–Crippen LogP) is 3.60. The van der Waals surface area contributed by atoms with E-state index in [4.69, 9.17) is 5.73 Å². The first kappa shape index (κ1) is 16.3. The molecule has 4 nitrogen and oxygen atoms in total. The number of anilines is 1. The Morgan fingerprint density at radius 1 is 1.30 bits per heavy atom. The number of sulfonamides is 1. The molecule has 0 aromatic heterocycles. The lowest BCUT2D eigenvalue weighted by Gasteiger charge is -2.37. The van der Waals surface area contributed by atoms with Crippen molar-refractivity contribution >= 4 is 47.6 Å². The zero-order chi connectivity index (χ0) is 15.1. The first-order chi connectivity index (χ1) is 9.13. The summed E-state index contributed by atoms with van der Waals surface area (Å²) >= 11 is 6.62. The van der Waals surface area contributed by atoms with Crippen molar-refractivity contribution in [3.8, 4) is 0 Å². The van der Waals surface area contributed by atoms with E-state index in [2.05, 4.69) is 45.7 Å². The second kappa shape index (κ2) is 5.59. The number of piperidine rings is 1. The van der Waals surface area contributed by atoms with Crippen LogP contribution in [-0.4, -0.2) is 25.8 Å². The van der Waals surface area contributed by atoms with Crippen molar-refractivity contribution in [3.63, 3.8) is 0 Å². The molecule has 0 bridgehead atoms.